The minimum Gasteiger partial charge on any atom is -0.0654 e. The second-order valence-electron chi connectivity index (χ2n) is 10.1. The minimum atomic E-state index is 0.990. The third-order valence-electron chi connectivity index (χ3n) is 7.48. The highest BCUT2D eigenvalue weighted by Crippen LogP contribution is 2.34. The number of benzene rings is 1. The monoisotopic (exact) mass is 398 g/mol. The van der Waals surface area contributed by atoms with Crippen molar-refractivity contribution in [2.24, 2.45) is 11.8 Å². The van der Waals surface area contributed by atoms with Gasteiger partial charge in [-0.15, -0.1) is 0 Å². The van der Waals surface area contributed by atoms with Crippen molar-refractivity contribution in [2.75, 3.05) is 0 Å². The molecular formula is C29H50. The summed E-state index contributed by atoms with van der Waals surface area (Å²) in [6.07, 6.45) is 25.6. The van der Waals surface area contributed by atoms with E-state index in [4.69, 9.17) is 0 Å². The van der Waals surface area contributed by atoms with Gasteiger partial charge in [0.15, 0.2) is 0 Å². The SMILES string of the molecule is CCCCCCCCCc1ccc(CCC2CCC(CCCCC)CC2)c(C)c1. The van der Waals surface area contributed by atoms with E-state index in [-0.39, 0.29) is 0 Å². The van der Waals surface area contributed by atoms with Crippen molar-refractivity contribution in [3.8, 4) is 0 Å². The highest BCUT2D eigenvalue weighted by Gasteiger charge is 2.20. The summed E-state index contributed by atoms with van der Waals surface area (Å²) in [7, 11) is 0. The summed E-state index contributed by atoms with van der Waals surface area (Å²) in [5, 5.41) is 0. The van der Waals surface area contributed by atoms with E-state index < -0.39 is 0 Å². The molecule has 0 bridgehead atoms. The molecule has 1 aromatic carbocycles. The van der Waals surface area contributed by atoms with Crippen molar-refractivity contribution < 1.29 is 0 Å². The minimum absolute atomic E-state index is 0.990. The molecule has 1 aromatic rings. The van der Waals surface area contributed by atoms with Crippen molar-refractivity contribution >= 4 is 0 Å². The van der Waals surface area contributed by atoms with E-state index in [1.54, 1.807) is 16.7 Å². The van der Waals surface area contributed by atoms with Gasteiger partial charge in [-0.05, 0) is 61.1 Å². The molecule has 0 atom stereocenters. The maximum Gasteiger partial charge on any atom is -0.0274 e. The molecular weight excluding hydrogens is 348 g/mol. The largest absolute Gasteiger partial charge is 0.0654 e. The first kappa shape index (κ1) is 24.5. The van der Waals surface area contributed by atoms with Crippen LogP contribution in [0.15, 0.2) is 18.2 Å². The molecule has 166 valence electrons. The lowest BCUT2D eigenvalue weighted by Crippen LogP contribution is -2.15. The van der Waals surface area contributed by atoms with Crippen molar-refractivity contribution in [3.05, 3.63) is 34.9 Å². The van der Waals surface area contributed by atoms with Gasteiger partial charge < -0.3 is 0 Å². The van der Waals surface area contributed by atoms with Crippen LogP contribution < -0.4 is 0 Å². The van der Waals surface area contributed by atoms with Crippen LogP contribution in [-0.4, -0.2) is 0 Å². The van der Waals surface area contributed by atoms with Gasteiger partial charge in [0, 0.05) is 0 Å². The average molecular weight is 399 g/mol. The van der Waals surface area contributed by atoms with Crippen LogP contribution in [0.25, 0.3) is 0 Å². The van der Waals surface area contributed by atoms with Gasteiger partial charge in [-0.1, -0.05) is 122 Å². The lowest BCUT2D eigenvalue weighted by molar-refractivity contribution is 0.249. The van der Waals surface area contributed by atoms with Crippen LogP contribution in [0.2, 0.25) is 0 Å². The Morgan fingerprint density at radius 1 is 0.655 bits per heavy atom. The molecule has 0 heterocycles. The molecule has 0 amide bonds. The molecule has 1 saturated carbocycles. The number of aryl methyl sites for hydroxylation is 3. The second-order valence-corrected chi connectivity index (χ2v) is 10.1. The maximum absolute atomic E-state index is 2.48. The highest BCUT2D eigenvalue weighted by atomic mass is 14.3. The molecule has 0 aromatic heterocycles. The zero-order chi connectivity index (χ0) is 20.7. The number of hydrogen-bond donors (Lipinski definition) is 0. The Labute approximate surface area is 183 Å². The fraction of sp³-hybridized carbons (Fsp3) is 0.793. The van der Waals surface area contributed by atoms with Crippen molar-refractivity contribution in [1.29, 1.82) is 0 Å². The Bertz CT molecular complexity index is 521. The molecule has 0 unspecified atom stereocenters. The van der Waals surface area contributed by atoms with Gasteiger partial charge in [0.2, 0.25) is 0 Å². The molecule has 0 heteroatoms. The van der Waals surface area contributed by atoms with Crippen LogP contribution in [-0.2, 0) is 12.8 Å². The van der Waals surface area contributed by atoms with E-state index in [2.05, 4.69) is 39.0 Å². The normalized spacial score (nSPS) is 19.6. The third kappa shape index (κ3) is 10.2. The van der Waals surface area contributed by atoms with Crippen molar-refractivity contribution in [3.63, 3.8) is 0 Å². The van der Waals surface area contributed by atoms with Crippen LogP contribution in [0.4, 0.5) is 0 Å². The molecule has 29 heavy (non-hydrogen) atoms. The standard InChI is InChI=1S/C29H50/c1-4-6-8-9-10-11-13-15-28-21-23-29(25(3)24-28)22-20-27-18-16-26(17-19-27)14-12-7-5-2/h21,23-24,26-27H,4-20,22H2,1-3H3. The molecule has 0 saturated heterocycles. The lowest BCUT2D eigenvalue weighted by atomic mass is 9.77. The Morgan fingerprint density at radius 3 is 1.90 bits per heavy atom. The molecule has 0 nitrogen and oxygen atoms in total. The first-order valence-corrected chi connectivity index (χ1v) is 13.3. The van der Waals surface area contributed by atoms with Gasteiger partial charge in [0.1, 0.15) is 0 Å². The number of rotatable bonds is 15. The summed E-state index contributed by atoms with van der Waals surface area (Å²) >= 11 is 0. The zero-order valence-electron chi connectivity index (χ0n) is 20.1. The summed E-state index contributed by atoms with van der Waals surface area (Å²) in [5.41, 5.74) is 4.71. The van der Waals surface area contributed by atoms with Crippen LogP contribution in [0, 0.1) is 18.8 Å². The van der Waals surface area contributed by atoms with Gasteiger partial charge in [0.25, 0.3) is 0 Å². The lowest BCUT2D eigenvalue weighted by Gasteiger charge is -2.28. The van der Waals surface area contributed by atoms with Gasteiger partial charge in [0.05, 0.1) is 0 Å². The quantitative estimate of drug-likeness (QED) is 0.258. The van der Waals surface area contributed by atoms with Crippen molar-refractivity contribution in [1.82, 2.24) is 0 Å². The summed E-state index contributed by atoms with van der Waals surface area (Å²) in [6.45, 7) is 6.96. The fourth-order valence-electron chi connectivity index (χ4n) is 5.33. The summed E-state index contributed by atoms with van der Waals surface area (Å²) in [5.74, 6) is 2.04. The summed E-state index contributed by atoms with van der Waals surface area (Å²) in [6, 6.07) is 7.35. The van der Waals surface area contributed by atoms with Crippen LogP contribution in [0.1, 0.15) is 133 Å². The van der Waals surface area contributed by atoms with E-state index >= 15 is 0 Å². The topological polar surface area (TPSA) is 0 Å². The van der Waals surface area contributed by atoms with E-state index in [1.165, 1.54) is 116 Å². The summed E-state index contributed by atoms with van der Waals surface area (Å²) < 4.78 is 0. The van der Waals surface area contributed by atoms with Gasteiger partial charge in [-0.2, -0.15) is 0 Å². The molecule has 0 spiro atoms. The van der Waals surface area contributed by atoms with Crippen LogP contribution in [0.3, 0.4) is 0 Å². The Hall–Kier alpha value is -0.780. The molecule has 1 aliphatic rings. The van der Waals surface area contributed by atoms with E-state index in [0.717, 1.165) is 11.8 Å². The molecule has 1 fully saturated rings. The fourth-order valence-corrected chi connectivity index (χ4v) is 5.33. The predicted octanol–water partition coefficient (Wildman–Crippen LogP) is 9.61. The number of hydrogen-bond acceptors (Lipinski definition) is 0. The maximum atomic E-state index is 2.48. The average Bonchev–Trinajstić information content (AvgIpc) is 2.73. The molecule has 0 radical (unpaired) electrons. The van der Waals surface area contributed by atoms with Gasteiger partial charge >= 0.3 is 0 Å². The van der Waals surface area contributed by atoms with Crippen molar-refractivity contribution in [2.45, 2.75) is 136 Å². The predicted molar refractivity (Wildman–Crippen MR) is 131 cm³/mol. The zero-order valence-corrected chi connectivity index (χ0v) is 20.1. The Morgan fingerprint density at radius 2 is 1.24 bits per heavy atom. The molecule has 2 rings (SSSR count). The van der Waals surface area contributed by atoms with E-state index in [0.29, 0.717) is 0 Å². The highest BCUT2D eigenvalue weighted by molar-refractivity contribution is 5.31. The van der Waals surface area contributed by atoms with E-state index in [9.17, 15) is 0 Å². The molecule has 0 aliphatic heterocycles. The van der Waals surface area contributed by atoms with Crippen LogP contribution >= 0.6 is 0 Å². The van der Waals surface area contributed by atoms with Gasteiger partial charge in [-0.3, -0.25) is 0 Å². The smallest absolute Gasteiger partial charge is 0.0274 e. The third-order valence-corrected chi connectivity index (χ3v) is 7.48. The molecule has 0 N–H and O–H groups in total. The number of unbranched alkanes of at least 4 members (excludes halogenated alkanes) is 8. The molecule has 1 aliphatic carbocycles. The van der Waals surface area contributed by atoms with E-state index in [1.807, 2.05) is 0 Å². The first-order chi connectivity index (χ1) is 14.2. The Kier molecular flexibility index (Phi) is 12.7. The summed E-state index contributed by atoms with van der Waals surface area (Å²) in [4.78, 5) is 0. The van der Waals surface area contributed by atoms with Gasteiger partial charge in [-0.25, -0.2) is 0 Å². The Balaban J connectivity index is 1.61. The second kappa shape index (κ2) is 15.1. The van der Waals surface area contributed by atoms with Crippen LogP contribution in [0.5, 0.6) is 0 Å². The first-order valence-electron chi connectivity index (χ1n) is 13.3.